The normalized spacial score (nSPS) is 18.9. The summed E-state index contributed by atoms with van der Waals surface area (Å²) in [6.45, 7) is 12.1. The Morgan fingerprint density at radius 3 is 2.53 bits per heavy atom. The third-order valence-corrected chi connectivity index (χ3v) is 5.91. The molecule has 2 saturated heterocycles. The van der Waals surface area contributed by atoms with Crippen LogP contribution in [0.1, 0.15) is 25.3 Å². The zero-order chi connectivity index (χ0) is 21.3. The molecule has 0 bridgehead atoms. The first kappa shape index (κ1) is 22.2. The van der Waals surface area contributed by atoms with Gasteiger partial charge in [-0.1, -0.05) is 30.9 Å². The fourth-order valence-electron chi connectivity index (χ4n) is 4.12. The summed E-state index contributed by atoms with van der Waals surface area (Å²) in [5.74, 6) is 2.02. The van der Waals surface area contributed by atoms with Crippen molar-refractivity contribution in [3.8, 4) is 5.75 Å². The number of benzene rings is 1. The van der Waals surface area contributed by atoms with E-state index in [4.69, 9.17) is 4.74 Å². The van der Waals surface area contributed by atoms with Crippen LogP contribution in [-0.2, 0) is 11.3 Å². The smallest absolute Gasteiger partial charge is 0.239 e. The molecule has 2 fully saturated rings. The van der Waals surface area contributed by atoms with E-state index in [0.717, 1.165) is 69.4 Å². The molecular weight excluding hydrogens is 378 g/mol. The van der Waals surface area contributed by atoms with Crippen LogP contribution in [-0.4, -0.2) is 85.5 Å². The van der Waals surface area contributed by atoms with Gasteiger partial charge in [-0.05, 0) is 25.8 Å². The van der Waals surface area contributed by atoms with Crippen LogP contribution in [0.3, 0.4) is 0 Å². The second-order valence-corrected chi connectivity index (χ2v) is 7.84. The lowest BCUT2D eigenvalue weighted by Gasteiger charge is -2.39. The number of likely N-dealkylation sites (tertiary alicyclic amines) is 1. The van der Waals surface area contributed by atoms with E-state index in [1.165, 1.54) is 0 Å². The second kappa shape index (κ2) is 11.0. The second-order valence-electron chi connectivity index (χ2n) is 7.84. The van der Waals surface area contributed by atoms with E-state index in [1.54, 1.807) is 6.08 Å². The van der Waals surface area contributed by atoms with Gasteiger partial charge >= 0.3 is 0 Å². The van der Waals surface area contributed by atoms with Crippen LogP contribution in [0.2, 0.25) is 0 Å². The Morgan fingerprint density at radius 2 is 1.87 bits per heavy atom. The molecule has 1 aromatic carbocycles. The minimum Gasteiger partial charge on any atom is -0.489 e. The Hall–Kier alpha value is -2.54. The van der Waals surface area contributed by atoms with Gasteiger partial charge in [-0.3, -0.25) is 14.7 Å². The lowest BCUT2D eigenvalue weighted by molar-refractivity contribution is -0.135. The predicted octanol–water partition coefficient (Wildman–Crippen LogP) is 1.96. The van der Waals surface area contributed by atoms with Gasteiger partial charge in [-0.15, -0.1) is 0 Å². The minimum absolute atomic E-state index is 0.0471. The standard InChI is InChI=1S/C23H35N5O2/c1-4-17-30-21-10-6-5-9-20(21)18-25-23(24-3)28-15-13-26(14-16-28)19(2)22(29)27-11-7-8-12-27/h4-6,9-10,19H,1,7-8,11-18H2,2-3H3,(H,24,25). The molecule has 1 N–H and O–H groups in total. The van der Waals surface area contributed by atoms with E-state index in [9.17, 15) is 4.79 Å². The van der Waals surface area contributed by atoms with E-state index in [2.05, 4.69) is 32.8 Å². The monoisotopic (exact) mass is 413 g/mol. The highest BCUT2D eigenvalue weighted by Gasteiger charge is 2.30. The number of piperazine rings is 1. The van der Waals surface area contributed by atoms with Crippen molar-refractivity contribution < 1.29 is 9.53 Å². The van der Waals surface area contributed by atoms with E-state index in [1.807, 2.05) is 37.1 Å². The van der Waals surface area contributed by atoms with Gasteiger partial charge in [0.1, 0.15) is 12.4 Å². The molecule has 7 nitrogen and oxygen atoms in total. The Morgan fingerprint density at radius 1 is 1.17 bits per heavy atom. The van der Waals surface area contributed by atoms with Crippen LogP contribution in [0.25, 0.3) is 0 Å². The molecule has 30 heavy (non-hydrogen) atoms. The maximum Gasteiger partial charge on any atom is 0.239 e. The van der Waals surface area contributed by atoms with Gasteiger partial charge < -0.3 is 19.9 Å². The summed E-state index contributed by atoms with van der Waals surface area (Å²) >= 11 is 0. The summed E-state index contributed by atoms with van der Waals surface area (Å²) in [7, 11) is 1.81. The quantitative estimate of drug-likeness (QED) is 0.421. The average Bonchev–Trinajstić information content (AvgIpc) is 3.33. The molecule has 0 aromatic heterocycles. The van der Waals surface area contributed by atoms with Crippen molar-refractivity contribution in [1.82, 2.24) is 20.0 Å². The SMILES string of the molecule is C=CCOc1ccccc1CNC(=NC)N1CCN(C(C)C(=O)N2CCCC2)CC1. The molecule has 2 aliphatic rings. The van der Waals surface area contributed by atoms with Crippen molar-refractivity contribution in [2.75, 3.05) is 52.9 Å². The number of amides is 1. The first-order chi connectivity index (χ1) is 14.6. The third kappa shape index (κ3) is 5.53. The van der Waals surface area contributed by atoms with Crippen LogP contribution in [0.15, 0.2) is 41.9 Å². The van der Waals surface area contributed by atoms with Gasteiger partial charge in [0.15, 0.2) is 5.96 Å². The number of ether oxygens (including phenoxy) is 1. The van der Waals surface area contributed by atoms with Crippen molar-refractivity contribution in [3.63, 3.8) is 0 Å². The number of aliphatic imine (C=N–C) groups is 1. The third-order valence-electron chi connectivity index (χ3n) is 5.91. The number of rotatable bonds is 7. The van der Waals surface area contributed by atoms with Crippen molar-refractivity contribution in [2.24, 2.45) is 4.99 Å². The molecule has 1 amide bonds. The number of nitrogens with zero attached hydrogens (tertiary/aromatic N) is 4. The Bertz CT molecular complexity index is 737. The zero-order valence-corrected chi connectivity index (χ0v) is 18.3. The Kier molecular flexibility index (Phi) is 8.13. The number of carbonyl (C=O) groups is 1. The number of hydrogen-bond donors (Lipinski definition) is 1. The van der Waals surface area contributed by atoms with Gasteiger partial charge in [0.25, 0.3) is 0 Å². The molecule has 1 aromatic rings. The largest absolute Gasteiger partial charge is 0.489 e. The van der Waals surface area contributed by atoms with Crippen molar-refractivity contribution >= 4 is 11.9 Å². The Labute approximate surface area is 180 Å². The molecule has 1 unspecified atom stereocenters. The van der Waals surface area contributed by atoms with Gasteiger partial charge in [0, 0.05) is 58.4 Å². The van der Waals surface area contributed by atoms with E-state index >= 15 is 0 Å². The van der Waals surface area contributed by atoms with Crippen LogP contribution in [0.4, 0.5) is 0 Å². The summed E-state index contributed by atoms with van der Waals surface area (Å²) in [6.07, 6.45) is 4.02. The van der Waals surface area contributed by atoms with Gasteiger partial charge in [-0.25, -0.2) is 0 Å². The highest BCUT2D eigenvalue weighted by Crippen LogP contribution is 2.18. The predicted molar refractivity (Wildman–Crippen MR) is 121 cm³/mol. The summed E-state index contributed by atoms with van der Waals surface area (Å²) in [5, 5.41) is 3.46. The topological polar surface area (TPSA) is 60.4 Å². The zero-order valence-electron chi connectivity index (χ0n) is 18.3. The average molecular weight is 414 g/mol. The fraction of sp³-hybridized carbons (Fsp3) is 0.565. The maximum absolute atomic E-state index is 12.7. The molecule has 0 radical (unpaired) electrons. The maximum atomic E-state index is 12.7. The number of hydrogen-bond acceptors (Lipinski definition) is 4. The van der Waals surface area contributed by atoms with Gasteiger partial charge in [0.05, 0.1) is 6.04 Å². The minimum atomic E-state index is -0.0471. The summed E-state index contributed by atoms with van der Waals surface area (Å²) < 4.78 is 5.75. The summed E-state index contributed by atoms with van der Waals surface area (Å²) in [6, 6.07) is 7.97. The van der Waals surface area contributed by atoms with E-state index in [-0.39, 0.29) is 11.9 Å². The van der Waals surface area contributed by atoms with Crippen molar-refractivity contribution in [3.05, 3.63) is 42.5 Å². The lowest BCUT2D eigenvalue weighted by Crippen LogP contribution is -2.57. The first-order valence-corrected chi connectivity index (χ1v) is 10.9. The van der Waals surface area contributed by atoms with Crippen LogP contribution in [0, 0.1) is 0 Å². The van der Waals surface area contributed by atoms with Gasteiger partial charge in [-0.2, -0.15) is 0 Å². The van der Waals surface area contributed by atoms with E-state index < -0.39 is 0 Å². The molecule has 2 heterocycles. The number of nitrogens with one attached hydrogen (secondary N) is 1. The molecule has 2 aliphatic heterocycles. The van der Waals surface area contributed by atoms with Crippen molar-refractivity contribution in [2.45, 2.75) is 32.4 Å². The number of carbonyl (C=O) groups excluding carboxylic acids is 1. The molecule has 3 rings (SSSR count). The highest BCUT2D eigenvalue weighted by molar-refractivity contribution is 5.82. The van der Waals surface area contributed by atoms with Crippen LogP contribution < -0.4 is 10.1 Å². The summed E-state index contributed by atoms with van der Waals surface area (Å²) in [4.78, 5) is 23.7. The molecule has 164 valence electrons. The molecular formula is C23H35N5O2. The fourth-order valence-corrected chi connectivity index (χ4v) is 4.12. The highest BCUT2D eigenvalue weighted by atomic mass is 16.5. The molecule has 0 spiro atoms. The lowest BCUT2D eigenvalue weighted by atomic mass is 10.2. The Balaban J connectivity index is 1.50. The molecule has 0 aliphatic carbocycles. The summed E-state index contributed by atoms with van der Waals surface area (Å²) in [5.41, 5.74) is 1.09. The van der Waals surface area contributed by atoms with Crippen molar-refractivity contribution in [1.29, 1.82) is 0 Å². The van der Waals surface area contributed by atoms with Gasteiger partial charge in [0.2, 0.25) is 5.91 Å². The van der Waals surface area contributed by atoms with Crippen LogP contribution in [0.5, 0.6) is 5.75 Å². The number of para-hydroxylation sites is 1. The molecule has 7 heteroatoms. The van der Waals surface area contributed by atoms with Crippen LogP contribution >= 0.6 is 0 Å². The molecule has 1 atom stereocenters. The first-order valence-electron chi connectivity index (χ1n) is 10.9. The molecule has 0 saturated carbocycles. The van der Waals surface area contributed by atoms with E-state index in [0.29, 0.717) is 13.2 Å². The number of guanidine groups is 1.